The van der Waals surface area contributed by atoms with Crippen LogP contribution in [0.5, 0.6) is 0 Å². The van der Waals surface area contributed by atoms with E-state index in [0.717, 1.165) is 18.5 Å². The molecule has 0 saturated carbocycles. The van der Waals surface area contributed by atoms with Crippen molar-refractivity contribution in [3.05, 3.63) is 29.8 Å². The minimum atomic E-state index is -0.259. The van der Waals surface area contributed by atoms with E-state index in [9.17, 15) is 5.11 Å². The van der Waals surface area contributed by atoms with Gasteiger partial charge in [-0.1, -0.05) is 12.1 Å². The number of hydrogen-bond acceptors (Lipinski definition) is 3. The molecule has 2 unspecified atom stereocenters. The van der Waals surface area contributed by atoms with E-state index in [1.54, 1.807) is 0 Å². The number of aliphatic hydroxyl groups excluding tert-OH is 1. The highest BCUT2D eigenvalue weighted by Crippen LogP contribution is 2.32. The van der Waals surface area contributed by atoms with Crippen LogP contribution in [0, 0.1) is 6.92 Å². The maximum absolute atomic E-state index is 9.79. The summed E-state index contributed by atoms with van der Waals surface area (Å²) < 4.78 is 5.75. The average molecular weight is 249 g/mol. The summed E-state index contributed by atoms with van der Waals surface area (Å²) in [5, 5.41) is 13.3. The van der Waals surface area contributed by atoms with E-state index in [1.165, 1.54) is 5.56 Å². The maximum Gasteiger partial charge on any atom is 0.0663 e. The standard InChI is InChI=1S/C15H23NO2/c1-11-5-4-6-14(7-11)16-15(10-17)8-12(2)18-13(3)9-15/h4-7,12-13,16-17H,8-10H2,1-3H3. The van der Waals surface area contributed by atoms with E-state index in [1.807, 2.05) is 6.07 Å². The molecule has 100 valence electrons. The smallest absolute Gasteiger partial charge is 0.0663 e. The normalized spacial score (nSPS) is 32.2. The van der Waals surface area contributed by atoms with E-state index in [0.29, 0.717) is 0 Å². The molecular weight excluding hydrogens is 226 g/mol. The Morgan fingerprint density at radius 3 is 2.56 bits per heavy atom. The molecule has 1 fully saturated rings. The molecule has 3 heteroatoms. The Hall–Kier alpha value is -1.06. The molecule has 1 heterocycles. The van der Waals surface area contributed by atoms with Crippen molar-refractivity contribution in [2.24, 2.45) is 0 Å². The quantitative estimate of drug-likeness (QED) is 0.865. The third-order valence-corrected chi connectivity index (χ3v) is 3.55. The van der Waals surface area contributed by atoms with Crippen molar-refractivity contribution in [2.45, 2.75) is 51.4 Å². The van der Waals surface area contributed by atoms with Crippen LogP contribution in [-0.2, 0) is 4.74 Å². The Labute approximate surface area is 109 Å². The molecule has 0 amide bonds. The van der Waals surface area contributed by atoms with Crippen LogP contribution < -0.4 is 5.32 Å². The largest absolute Gasteiger partial charge is 0.394 e. The fourth-order valence-corrected chi connectivity index (χ4v) is 2.98. The molecule has 2 rings (SSSR count). The summed E-state index contributed by atoms with van der Waals surface area (Å²) in [5.74, 6) is 0. The van der Waals surface area contributed by atoms with Crippen molar-refractivity contribution in [3.8, 4) is 0 Å². The first-order valence-electron chi connectivity index (χ1n) is 6.64. The van der Waals surface area contributed by atoms with Gasteiger partial charge in [-0.15, -0.1) is 0 Å². The molecule has 0 radical (unpaired) electrons. The Kier molecular flexibility index (Phi) is 3.93. The van der Waals surface area contributed by atoms with Crippen molar-refractivity contribution in [1.82, 2.24) is 0 Å². The number of aryl methyl sites for hydroxylation is 1. The van der Waals surface area contributed by atoms with Crippen molar-refractivity contribution < 1.29 is 9.84 Å². The lowest BCUT2D eigenvalue weighted by Crippen LogP contribution is -2.51. The van der Waals surface area contributed by atoms with Crippen molar-refractivity contribution >= 4 is 5.69 Å². The fourth-order valence-electron chi connectivity index (χ4n) is 2.98. The fraction of sp³-hybridized carbons (Fsp3) is 0.600. The van der Waals surface area contributed by atoms with Gasteiger partial charge in [0.15, 0.2) is 0 Å². The second-order valence-corrected chi connectivity index (χ2v) is 5.60. The molecule has 1 aliphatic heterocycles. The van der Waals surface area contributed by atoms with Crippen LogP contribution in [0.1, 0.15) is 32.3 Å². The first kappa shape index (κ1) is 13.4. The van der Waals surface area contributed by atoms with E-state index >= 15 is 0 Å². The number of rotatable bonds is 3. The van der Waals surface area contributed by atoms with Gasteiger partial charge >= 0.3 is 0 Å². The summed E-state index contributed by atoms with van der Waals surface area (Å²) in [5.41, 5.74) is 2.04. The zero-order valence-electron chi connectivity index (χ0n) is 11.4. The van der Waals surface area contributed by atoms with Gasteiger partial charge in [0.2, 0.25) is 0 Å². The molecule has 1 aromatic rings. The van der Waals surface area contributed by atoms with Crippen molar-refractivity contribution in [1.29, 1.82) is 0 Å². The van der Waals surface area contributed by atoms with Crippen LogP contribution in [0.3, 0.4) is 0 Å². The Morgan fingerprint density at radius 2 is 2.00 bits per heavy atom. The number of ether oxygens (including phenoxy) is 1. The Balaban J connectivity index is 2.17. The minimum absolute atomic E-state index is 0.138. The number of hydrogen-bond donors (Lipinski definition) is 2. The summed E-state index contributed by atoms with van der Waals surface area (Å²) in [6, 6.07) is 8.28. The minimum Gasteiger partial charge on any atom is -0.394 e. The lowest BCUT2D eigenvalue weighted by atomic mass is 9.84. The molecule has 1 aliphatic rings. The van der Waals surface area contributed by atoms with Gasteiger partial charge in [-0.05, 0) is 51.3 Å². The number of benzene rings is 1. The summed E-state index contributed by atoms with van der Waals surface area (Å²) >= 11 is 0. The van der Waals surface area contributed by atoms with E-state index in [4.69, 9.17) is 4.74 Å². The predicted molar refractivity (Wildman–Crippen MR) is 73.9 cm³/mol. The van der Waals surface area contributed by atoms with E-state index < -0.39 is 0 Å². The molecule has 0 aromatic heterocycles. The van der Waals surface area contributed by atoms with Gasteiger partial charge < -0.3 is 15.2 Å². The van der Waals surface area contributed by atoms with Gasteiger partial charge in [-0.2, -0.15) is 0 Å². The number of aliphatic hydroxyl groups is 1. The monoisotopic (exact) mass is 249 g/mol. The zero-order valence-corrected chi connectivity index (χ0v) is 11.4. The highest BCUT2D eigenvalue weighted by Gasteiger charge is 2.38. The van der Waals surface area contributed by atoms with Crippen molar-refractivity contribution in [2.75, 3.05) is 11.9 Å². The van der Waals surface area contributed by atoms with Gasteiger partial charge in [0.05, 0.1) is 24.4 Å². The maximum atomic E-state index is 9.79. The lowest BCUT2D eigenvalue weighted by Gasteiger charge is -2.43. The van der Waals surface area contributed by atoms with Gasteiger partial charge in [-0.3, -0.25) is 0 Å². The van der Waals surface area contributed by atoms with Crippen LogP contribution in [0.25, 0.3) is 0 Å². The predicted octanol–water partition coefficient (Wildman–Crippen LogP) is 2.73. The molecule has 1 saturated heterocycles. The van der Waals surface area contributed by atoms with Crippen molar-refractivity contribution in [3.63, 3.8) is 0 Å². The highest BCUT2D eigenvalue weighted by molar-refractivity contribution is 5.48. The second-order valence-electron chi connectivity index (χ2n) is 5.60. The topological polar surface area (TPSA) is 41.5 Å². The van der Waals surface area contributed by atoms with Gasteiger partial charge in [0.25, 0.3) is 0 Å². The molecule has 0 spiro atoms. The molecule has 0 aliphatic carbocycles. The van der Waals surface area contributed by atoms with Crippen LogP contribution in [0.2, 0.25) is 0 Å². The molecule has 18 heavy (non-hydrogen) atoms. The van der Waals surface area contributed by atoms with E-state index in [-0.39, 0.29) is 24.4 Å². The molecule has 2 N–H and O–H groups in total. The van der Waals surface area contributed by atoms with Gasteiger partial charge in [-0.25, -0.2) is 0 Å². The number of anilines is 1. The zero-order chi connectivity index (χ0) is 13.2. The van der Waals surface area contributed by atoms with Gasteiger partial charge in [0, 0.05) is 5.69 Å². The third kappa shape index (κ3) is 3.03. The average Bonchev–Trinajstić information content (AvgIpc) is 2.27. The first-order chi connectivity index (χ1) is 8.53. The SMILES string of the molecule is Cc1cccc(NC2(CO)CC(C)OC(C)C2)c1. The molecule has 0 bridgehead atoms. The molecule has 2 atom stereocenters. The van der Waals surface area contributed by atoms with Crippen LogP contribution >= 0.6 is 0 Å². The van der Waals surface area contributed by atoms with Gasteiger partial charge in [0.1, 0.15) is 0 Å². The second kappa shape index (κ2) is 5.29. The summed E-state index contributed by atoms with van der Waals surface area (Å²) in [4.78, 5) is 0. The third-order valence-electron chi connectivity index (χ3n) is 3.55. The van der Waals surface area contributed by atoms with Crippen LogP contribution in [0.4, 0.5) is 5.69 Å². The van der Waals surface area contributed by atoms with Crippen LogP contribution in [0.15, 0.2) is 24.3 Å². The first-order valence-corrected chi connectivity index (χ1v) is 6.64. The summed E-state index contributed by atoms with van der Waals surface area (Å²) in [7, 11) is 0. The van der Waals surface area contributed by atoms with Crippen LogP contribution in [-0.4, -0.2) is 29.5 Å². The summed E-state index contributed by atoms with van der Waals surface area (Å²) in [6.07, 6.45) is 2.03. The lowest BCUT2D eigenvalue weighted by molar-refractivity contribution is -0.0653. The Morgan fingerprint density at radius 1 is 1.33 bits per heavy atom. The molecular formula is C15H23NO2. The Bertz CT molecular complexity index is 395. The highest BCUT2D eigenvalue weighted by atomic mass is 16.5. The van der Waals surface area contributed by atoms with E-state index in [2.05, 4.69) is 44.3 Å². The summed E-state index contributed by atoms with van der Waals surface area (Å²) in [6.45, 7) is 6.35. The number of nitrogens with one attached hydrogen (secondary N) is 1. The molecule has 3 nitrogen and oxygen atoms in total. The molecule has 1 aromatic carbocycles.